The number of anilines is 1. The summed E-state index contributed by atoms with van der Waals surface area (Å²) in [4.78, 5) is 14.0. The van der Waals surface area contributed by atoms with Gasteiger partial charge >= 0.3 is 0 Å². The van der Waals surface area contributed by atoms with Gasteiger partial charge in [-0.1, -0.05) is 6.07 Å². The van der Waals surface area contributed by atoms with Crippen molar-refractivity contribution >= 4 is 11.6 Å². The summed E-state index contributed by atoms with van der Waals surface area (Å²) in [5.41, 5.74) is 9.32. The second-order valence-corrected chi connectivity index (χ2v) is 5.76. The molecule has 0 aliphatic carbocycles. The van der Waals surface area contributed by atoms with E-state index in [2.05, 4.69) is 12.1 Å². The molecule has 4 nitrogen and oxygen atoms in total. The summed E-state index contributed by atoms with van der Waals surface area (Å²) < 4.78 is 5.65. The lowest BCUT2D eigenvalue weighted by Gasteiger charge is -2.23. The van der Waals surface area contributed by atoms with Gasteiger partial charge in [-0.3, -0.25) is 4.79 Å². The molecule has 2 aliphatic heterocycles. The number of hydrogen-bond acceptors (Lipinski definition) is 3. The first-order valence-electron chi connectivity index (χ1n) is 7.46. The molecule has 0 bridgehead atoms. The monoisotopic (exact) mass is 274 g/mol. The van der Waals surface area contributed by atoms with Crippen molar-refractivity contribution in [2.45, 2.75) is 32.6 Å². The average Bonchev–Trinajstić information content (AvgIpc) is 2.81. The lowest BCUT2D eigenvalue weighted by molar-refractivity contribution is -0.116. The normalized spacial score (nSPS) is 20.9. The highest BCUT2D eigenvalue weighted by Crippen LogP contribution is 2.40. The van der Waals surface area contributed by atoms with Gasteiger partial charge in [-0.25, -0.2) is 0 Å². The Kier molecular flexibility index (Phi) is 3.66. The molecule has 2 heterocycles. The summed E-state index contributed by atoms with van der Waals surface area (Å²) in [6.07, 6.45) is 3.98. The van der Waals surface area contributed by atoms with E-state index in [1.165, 1.54) is 11.1 Å². The Morgan fingerprint density at radius 3 is 3.10 bits per heavy atom. The van der Waals surface area contributed by atoms with Crippen LogP contribution in [0.3, 0.4) is 0 Å². The minimum atomic E-state index is 0.125. The number of benzene rings is 1. The third-order valence-corrected chi connectivity index (χ3v) is 4.43. The molecule has 4 heteroatoms. The van der Waals surface area contributed by atoms with Crippen LogP contribution < -0.4 is 15.4 Å². The first-order chi connectivity index (χ1) is 9.70. The predicted molar refractivity (Wildman–Crippen MR) is 79.2 cm³/mol. The van der Waals surface area contributed by atoms with Crippen molar-refractivity contribution in [3.63, 3.8) is 0 Å². The van der Waals surface area contributed by atoms with Gasteiger partial charge in [0.2, 0.25) is 5.91 Å². The fraction of sp³-hybridized carbons (Fsp3) is 0.562. The van der Waals surface area contributed by atoms with E-state index in [0.29, 0.717) is 12.5 Å². The number of nitrogens with zero attached hydrogens (tertiary/aromatic N) is 1. The third kappa shape index (κ3) is 2.29. The smallest absolute Gasteiger partial charge is 0.223 e. The molecule has 0 spiro atoms. The van der Waals surface area contributed by atoms with Crippen LogP contribution in [-0.2, 0) is 17.6 Å². The van der Waals surface area contributed by atoms with E-state index in [1.54, 1.807) is 6.92 Å². The highest BCUT2D eigenvalue weighted by molar-refractivity contribution is 5.94. The Bertz CT molecular complexity index is 527. The molecule has 0 radical (unpaired) electrons. The number of amides is 1. The molecule has 3 rings (SSSR count). The van der Waals surface area contributed by atoms with Crippen LogP contribution in [-0.4, -0.2) is 25.6 Å². The largest absolute Gasteiger partial charge is 0.493 e. The summed E-state index contributed by atoms with van der Waals surface area (Å²) in [6, 6.07) is 4.19. The van der Waals surface area contributed by atoms with Gasteiger partial charge < -0.3 is 15.4 Å². The SMILES string of the molecule is CC(=O)N1CCC(CCN)Cc2ccc3c(c21)CCO3. The number of ether oxygens (including phenoxy) is 1. The zero-order chi connectivity index (χ0) is 14.1. The van der Waals surface area contributed by atoms with Crippen LogP contribution in [0.2, 0.25) is 0 Å². The fourth-order valence-electron chi connectivity index (χ4n) is 3.44. The van der Waals surface area contributed by atoms with Gasteiger partial charge in [-0.15, -0.1) is 0 Å². The zero-order valence-corrected chi connectivity index (χ0v) is 12.0. The quantitative estimate of drug-likeness (QED) is 0.896. The van der Waals surface area contributed by atoms with E-state index in [1.807, 2.05) is 4.90 Å². The number of rotatable bonds is 2. The molecule has 1 aromatic carbocycles. The first-order valence-corrected chi connectivity index (χ1v) is 7.46. The molecule has 0 aromatic heterocycles. The highest BCUT2D eigenvalue weighted by Gasteiger charge is 2.29. The van der Waals surface area contributed by atoms with Gasteiger partial charge in [0.25, 0.3) is 0 Å². The van der Waals surface area contributed by atoms with E-state index >= 15 is 0 Å². The molecule has 2 aliphatic rings. The molecule has 0 saturated heterocycles. The van der Waals surface area contributed by atoms with E-state index in [4.69, 9.17) is 10.5 Å². The van der Waals surface area contributed by atoms with Crippen molar-refractivity contribution in [2.24, 2.45) is 11.7 Å². The number of carbonyl (C=O) groups is 1. The van der Waals surface area contributed by atoms with Crippen molar-refractivity contribution in [3.8, 4) is 5.75 Å². The van der Waals surface area contributed by atoms with Gasteiger partial charge in [-0.2, -0.15) is 0 Å². The van der Waals surface area contributed by atoms with E-state index in [0.717, 1.165) is 50.3 Å². The molecular formula is C16H22N2O2. The van der Waals surface area contributed by atoms with Gasteiger partial charge in [0.15, 0.2) is 0 Å². The van der Waals surface area contributed by atoms with Crippen LogP contribution in [0.15, 0.2) is 12.1 Å². The van der Waals surface area contributed by atoms with Crippen LogP contribution in [0.5, 0.6) is 5.75 Å². The Morgan fingerprint density at radius 1 is 1.50 bits per heavy atom. The van der Waals surface area contributed by atoms with Gasteiger partial charge in [0, 0.05) is 25.5 Å². The minimum absolute atomic E-state index is 0.125. The highest BCUT2D eigenvalue weighted by atomic mass is 16.5. The lowest BCUT2D eigenvalue weighted by atomic mass is 9.92. The Morgan fingerprint density at radius 2 is 2.35 bits per heavy atom. The fourth-order valence-corrected chi connectivity index (χ4v) is 3.44. The molecule has 2 N–H and O–H groups in total. The van der Waals surface area contributed by atoms with Crippen molar-refractivity contribution < 1.29 is 9.53 Å². The Labute approximate surface area is 119 Å². The van der Waals surface area contributed by atoms with Crippen molar-refractivity contribution in [1.29, 1.82) is 0 Å². The molecule has 0 saturated carbocycles. The van der Waals surface area contributed by atoms with Gasteiger partial charge in [0.05, 0.1) is 12.3 Å². The number of carbonyl (C=O) groups excluding carboxylic acids is 1. The number of nitrogens with two attached hydrogens (primary N) is 1. The van der Waals surface area contributed by atoms with Crippen molar-refractivity contribution in [1.82, 2.24) is 0 Å². The summed E-state index contributed by atoms with van der Waals surface area (Å²) in [5, 5.41) is 0. The average molecular weight is 274 g/mol. The minimum Gasteiger partial charge on any atom is -0.493 e. The molecule has 20 heavy (non-hydrogen) atoms. The summed E-state index contributed by atoms with van der Waals surface area (Å²) in [5.74, 6) is 1.65. The molecule has 0 fully saturated rings. The van der Waals surface area contributed by atoms with E-state index in [9.17, 15) is 4.79 Å². The summed E-state index contributed by atoms with van der Waals surface area (Å²) in [6.45, 7) is 3.89. The lowest BCUT2D eigenvalue weighted by Crippen LogP contribution is -2.30. The Balaban J connectivity index is 2.04. The standard InChI is InChI=1S/C16H22N2O2/c1-11(19)18-8-5-12(4-7-17)10-13-2-3-15-14(16(13)18)6-9-20-15/h2-3,12H,4-10,17H2,1H3. The van der Waals surface area contributed by atoms with Gasteiger partial charge in [0.1, 0.15) is 5.75 Å². The van der Waals surface area contributed by atoms with Crippen LogP contribution >= 0.6 is 0 Å². The first kappa shape index (κ1) is 13.4. The molecule has 1 aromatic rings. The van der Waals surface area contributed by atoms with Crippen LogP contribution in [0.4, 0.5) is 5.69 Å². The molecule has 108 valence electrons. The Hall–Kier alpha value is -1.55. The van der Waals surface area contributed by atoms with Crippen LogP contribution in [0.25, 0.3) is 0 Å². The maximum Gasteiger partial charge on any atom is 0.223 e. The third-order valence-electron chi connectivity index (χ3n) is 4.43. The van der Waals surface area contributed by atoms with Gasteiger partial charge in [-0.05, 0) is 43.4 Å². The van der Waals surface area contributed by atoms with E-state index in [-0.39, 0.29) is 5.91 Å². The maximum absolute atomic E-state index is 12.0. The number of fused-ring (bicyclic) bond motifs is 3. The van der Waals surface area contributed by atoms with E-state index < -0.39 is 0 Å². The van der Waals surface area contributed by atoms with Crippen molar-refractivity contribution in [2.75, 3.05) is 24.6 Å². The topological polar surface area (TPSA) is 55.6 Å². The molecule has 1 unspecified atom stereocenters. The zero-order valence-electron chi connectivity index (χ0n) is 12.0. The van der Waals surface area contributed by atoms with Crippen LogP contribution in [0.1, 0.15) is 30.9 Å². The van der Waals surface area contributed by atoms with Crippen molar-refractivity contribution in [3.05, 3.63) is 23.3 Å². The molecule has 1 atom stereocenters. The second kappa shape index (κ2) is 5.44. The molecule has 1 amide bonds. The predicted octanol–water partition coefficient (Wildman–Crippen LogP) is 1.89. The second-order valence-electron chi connectivity index (χ2n) is 5.76. The summed E-state index contributed by atoms with van der Waals surface area (Å²) >= 11 is 0. The van der Waals surface area contributed by atoms with Crippen LogP contribution in [0, 0.1) is 5.92 Å². The number of hydrogen-bond donors (Lipinski definition) is 1. The maximum atomic E-state index is 12.0. The molecular weight excluding hydrogens is 252 g/mol. The summed E-state index contributed by atoms with van der Waals surface area (Å²) in [7, 11) is 0.